The smallest absolute Gasteiger partial charge is 0.140 e. The Morgan fingerprint density at radius 2 is 2.33 bits per heavy atom. The van der Waals surface area contributed by atoms with E-state index in [0.717, 1.165) is 29.7 Å². The molecule has 1 fully saturated rings. The second kappa shape index (κ2) is 4.28. The van der Waals surface area contributed by atoms with E-state index >= 15 is 0 Å². The molecule has 0 unspecified atom stereocenters. The van der Waals surface area contributed by atoms with Crippen LogP contribution in [-0.2, 0) is 0 Å². The highest BCUT2D eigenvalue weighted by molar-refractivity contribution is 9.10. The number of anilines is 1. The van der Waals surface area contributed by atoms with E-state index in [-0.39, 0.29) is 5.54 Å². The number of hydrogen-bond donors (Lipinski definition) is 2. The lowest BCUT2D eigenvalue weighted by molar-refractivity contribution is 0.265. The Bertz CT molecular complexity index is 366. The fraction of sp³-hybridized carbons (Fsp3) is 0.500. The summed E-state index contributed by atoms with van der Waals surface area (Å²) in [5, 5.41) is 3.86. The Kier molecular flexibility index (Phi) is 3.19. The van der Waals surface area contributed by atoms with Crippen LogP contribution >= 0.6 is 27.5 Å². The number of nitrogens with one attached hydrogen (secondary N) is 1. The van der Waals surface area contributed by atoms with Gasteiger partial charge in [-0.3, -0.25) is 0 Å². The van der Waals surface area contributed by atoms with Crippen LogP contribution in [0.2, 0.25) is 5.02 Å². The van der Waals surface area contributed by atoms with Crippen molar-refractivity contribution in [1.82, 2.24) is 4.98 Å². The summed E-state index contributed by atoms with van der Waals surface area (Å²) in [6.45, 7) is 0.764. The van der Waals surface area contributed by atoms with Crippen molar-refractivity contribution in [3.05, 3.63) is 21.8 Å². The molecule has 0 aromatic carbocycles. The highest BCUT2D eigenvalue weighted by Crippen LogP contribution is 2.30. The lowest BCUT2D eigenvalue weighted by Gasteiger charge is -2.38. The van der Waals surface area contributed by atoms with Gasteiger partial charge in [-0.1, -0.05) is 11.6 Å². The van der Waals surface area contributed by atoms with Crippen LogP contribution in [0.3, 0.4) is 0 Å². The van der Waals surface area contributed by atoms with Gasteiger partial charge in [0.1, 0.15) is 5.82 Å². The summed E-state index contributed by atoms with van der Waals surface area (Å²) < 4.78 is 0.873. The maximum Gasteiger partial charge on any atom is 0.140 e. The summed E-state index contributed by atoms with van der Waals surface area (Å²) in [7, 11) is 0. The molecule has 3 nitrogen and oxygen atoms in total. The predicted octanol–water partition coefficient (Wildman–Crippen LogP) is 2.79. The Labute approximate surface area is 103 Å². The first-order valence-electron chi connectivity index (χ1n) is 4.93. The molecule has 0 spiro atoms. The van der Waals surface area contributed by atoms with Gasteiger partial charge in [-0.05, 0) is 41.3 Å². The average molecular weight is 291 g/mol. The van der Waals surface area contributed by atoms with E-state index in [1.54, 1.807) is 6.20 Å². The third kappa shape index (κ3) is 2.62. The van der Waals surface area contributed by atoms with Gasteiger partial charge in [-0.15, -0.1) is 0 Å². The molecule has 3 N–H and O–H groups in total. The van der Waals surface area contributed by atoms with E-state index in [2.05, 4.69) is 26.2 Å². The molecule has 82 valence electrons. The minimum Gasteiger partial charge on any atom is -0.367 e. The van der Waals surface area contributed by atoms with Crippen molar-refractivity contribution >= 4 is 33.3 Å². The highest BCUT2D eigenvalue weighted by Gasteiger charge is 2.32. The molecule has 1 saturated carbocycles. The van der Waals surface area contributed by atoms with Gasteiger partial charge in [-0.25, -0.2) is 4.98 Å². The number of hydrogen-bond acceptors (Lipinski definition) is 3. The Morgan fingerprint density at radius 1 is 1.60 bits per heavy atom. The van der Waals surface area contributed by atoms with Gasteiger partial charge in [0, 0.05) is 18.3 Å². The second-order valence-corrected chi connectivity index (χ2v) is 5.34. The van der Waals surface area contributed by atoms with E-state index in [0.29, 0.717) is 5.02 Å². The Balaban J connectivity index is 1.98. The number of halogens is 2. The summed E-state index contributed by atoms with van der Waals surface area (Å²) in [6.07, 6.45) is 5.03. The van der Waals surface area contributed by atoms with Crippen LogP contribution in [-0.4, -0.2) is 17.1 Å². The first-order valence-corrected chi connectivity index (χ1v) is 6.10. The molecule has 1 aromatic rings. The van der Waals surface area contributed by atoms with Crippen LogP contribution in [0.25, 0.3) is 0 Å². The molecule has 0 saturated heterocycles. The van der Waals surface area contributed by atoms with Crippen LogP contribution in [0.1, 0.15) is 19.3 Å². The highest BCUT2D eigenvalue weighted by atomic mass is 79.9. The van der Waals surface area contributed by atoms with Gasteiger partial charge in [0.05, 0.1) is 9.50 Å². The third-order valence-corrected chi connectivity index (χ3v) is 3.58. The van der Waals surface area contributed by atoms with Crippen molar-refractivity contribution in [2.75, 3.05) is 11.9 Å². The fourth-order valence-electron chi connectivity index (χ4n) is 1.61. The molecule has 0 radical (unpaired) electrons. The number of rotatable bonds is 3. The zero-order valence-electron chi connectivity index (χ0n) is 8.26. The minimum absolute atomic E-state index is 0.0409. The maximum absolute atomic E-state index is 6.10. The predicted molar refractivity (Wildman–Crippen MR) is 66.2 cm³/mol. The summed E-state index contributed by atoms with van der Waals surface area (Å²) in [6, 6.07) is 1.82. The third-order valence-electron chi connectivity index (χ3n) is 2.77. The van der Waals surface area contributed by atoms with Crippen LogP contribution in [0.15, 0.2) is 16.7 Å². The van der Waals surface area contributed by atoms with Gasteiger partial charge in [0.25, 0.3) is 0 Å². The Morgan fingerprint density at radius 3 is 2.87 bits per heavy atom. The molecular weight excluding hydrogens is 277 g/mol. The van der Waals surface area contributed by atoms with Crippen molar-refractivity contribution < 1.29 is 0 Å². The van der Waals surface area contributed by atoms with Gasteiger partial charge >= 0.3 is 0 Å². The largest absolute Gasteiger partial charge is 0.367 e. The quantitative estimate of drug-likeness (QED) is 0.900. The number of nitrogens with zero attached hydrogens (tertiary/aromatic N) is 1. The van der Waals surface area contributed by atoms with E-state index in [1.807, 2.05) is 6.07 Å². The molecule has 0 bridgehead atoms. The summed E-state index contributed by atoms with van der Waals surface area (Å²) >= 11 is 9.21. The van der Waals surface area contributed by atoms with Crippen molar-refractivity contribution in [1.29, 1.82) is 0 Å². The molecule has 0 atom stereocenters. The zero-order valence-corrected chi connectivity index (χ0v) is 10.6. The molecule has 0 aliphatic heterocycles. The van der Waals surface area contributed by atoms with Gasteiger partial charge in [0.15, 0.2) is 0 Å². The standard InChI is InChI=1S/C10H13BrClN3/c11-8-4-7(12)5-14-9(8)15-6-10(13)2-1-3-10/h4-5H,1-3,6,13H2,(H,14,15). The summed E-state index contributed by atoms with van der Waals surface area (Å²) in [4.78, 5) is 4.19. The molecular formula is C10H13BrClN3. The molecule has 15 heavy (non-hydrogen) atoms. The number of aromatic nitrogens is 1. The van der Waals surface area contributed by atoms with Gasteiger partial charge in [0.2, 0.25) is 0 Å². The van der Waals surface area contributed by atoms with Crippen LogP contribution in [0.5, 0.6) is 0 Å². The molecule has 1 aliphatic carbocycles. The van der Waals surface area contributed by atoms with Gasteiger partial charge < -0.3 is 11.1 Å². The molecule has 1 aromatic heterocycles. The molecule has 2 rings (SSSR count). The van der Waals surface area contributed by atoms with Crippen molar-refractivity contribution in [3.8, 4) is 0 Å². The van der Waals surface area contributed by atoms with Crippen molar-refractivity contribution in [3.63, 3.8) is 0 Å². The maximum atomic E-state index is 6.10. The first kappa shape index (κ1) is 11.2. The van der Waals surface area contributed by atoms with Crippen LogP contribution in [0.4, 0.5) is 5.82 Å². The number of pyridine rings is 1. The van der Waals surface area contributed by atoms with E-state index in [9.17, 15) is 0 Å². The second-order valence-electron chi connectivity index (χ2n) is 4.05. The lowest BCUT2D eigenvalue weighted by atomic mass is 9.78. The van der Waals surface area contributed by atoms with E-state index in [4.69, 9.17) is 17.3 Å². The normalized spacial score (nSPS) is 18.3. The molecule has 0 amide bonds. The zero-order chi connectivity index (χ0) is 10.9. The fourth-order valence-corrected chi connectivity index (χ4v) is 2.39. The Hall–Kier alpha value is -0.320. The summed E-state index contributed by atoms with van der Waals surface area (Å²) in [5.41, 5.74) is 6.06. The van der Waals surface area contributed by atoms with Crippen LogP contribution < -0.4 is 11.1 Å². The van der Waals surface area contributed by atoms with Crippen molar-refractivity contribution in [2.24, 2.45) is 5.73 Å². The number of nitrogens with two attached hydrogens (primary N) is 1. The average Bonchev–Trinajstić information content (AvgIpc) is 2.14. The van der Waals surface area contributed by atoms with Crippen LogP contribution in [0, 0.1) is 0 Å². The first-order chi connectivity index (χ1) is 7.09. The monoisotopic (exact) mass is 289 g/mol. The summed E-state index contributed by atoms with van der Waals surface area (Å²) in [5.74, 6) is 0.802. The SMILES string of the molecule is NC1(CNc2ncc(Cl)cc2Br)CCC1. The van der Waals surface area contributed by atoms with Gasteiger partial charge in [-0.2, -0.15) is 0 Å². The van der Waals surface area contributed by atoms with E-state index < -0.39 is 0 Å². The topological polar surface area (TPSA) is 50.9 Å². The molecule has 1 aliphatic rings. The minimum atomic E-state index is -0.0409. The van der Waals surface area contributed by atoms with E-state index in [1.165, 1.54) is 6.42 Å². The molecule has 1 heterocycles. The molecule has 5 heteroatoms. The van der Waals surface area contributed by atoms with Crippen molar-refractivity contribution in [2.45, 2.75) is 24.8 Å². The lowest BCUT2D eigenvalue weighted by Crippen LogP contribution is -2.52.